The monoisotopic (exact) mass is 276 g/mol. The maximum atomic E-state index is 13.8. The summed E-state index contributed by atoms with van der Waals surface area (Å²) < 4.78 is 15.4. The first kappa shape index (κ1) is 11.9. The van der Waals surface area contributed by atoms with Gasteiger partial charge < -0.3 is 5.32 Å². The molecule has 19 heavy (non-hydrogen) atoms. The van der Waals surface area contributed by atoms with Gasteiger partial charge in [0.15, 0.2) is 5.65 Å². The molecule has 2 aromatic heterocycles. The lowest BCUT2D eigenvalue weighted by Gasteiger charge is -2.08. The Labute approximate surface area is 113 Å². The Balaban J connectivity index is 2.30. The number of halogens is 2. The molecule has 2 heterocycles. The van der Waals surface area contributed by atoms with Crippen LogP contribution in [0.4, 0.5) is 10.2 Å². The molecular weight excluding hydrogens is 267 g/mol. The summed E-state index contributed by atoms with van der Waals surface area (Å²) in [5.41, 5.74) is 1.43. The van der Waals surface area contributed by atoms with Gasteiger partial charge in [-0.05, 0) is 12.1 Å². The van der Waals surface area contributed by atoms with Crippen LogP contribution < -0.4 is 5.32 Å². The molecule has 1 aromatic carbocycles. The molecular formula is C13H10ClFN4. The van der Waals surface area contributed by atoms with Gasteiger partial charge in [-0.25, -0.2) is 9.37 Å². The number of hydrogen-bond acceptors (Lipinski definition) is 3. The molecule has 0 amide bonds. The molecule has 0 unspecified atom stereocenters. The summed E-state index contributed by atoms with van der Waals surface area (Å²) in [6.45, 7) is 0. The van der Waals surface area contributed by atoms with Gasteiger partial charge in [0.1, 0.15) is 16.7 Å². The van der Waals surface area contributed by atoms with E-state index < -0.39 is 0 Å². The van der Waals surface area contributed by atoms with Crippen molar-refractivity contribution >= 4 is 23.1 Å². The van der Waals surface area contributed by atoms with E-state index in [0.29, 0.717) is 27.7 Å². The predicted octanol–water partition coefficient (Wildman–Crippen LogP) is 3.23. The van der Waals surface area contributed by atoms with E-state index in [2.05, 4.69) is 15.4 Å². The van der Waals surface area contributed by atoms with Crippen LogP contribution in [-0.4, -0.2) is 21.6 Å². The number of fused-ring (bicyclic) bond motifs is 1. The fourth-order valence-corrected chi connectivity index (χ4v) is 2.09. The molecule has 3 rings (SSSR count). The largest absolute Gasteiger partial charge is 0.373 e. The van der Waals surface area contributed by atoms with Gasteiger partial charge in [-0.3, -0.25) is 0 Å². The Hall–Kier alpha value is -2.14. The zero-order valence-corrected chi connectivity index (χ0v) is 10.8. The van der Waals surface area contributed by atoms with Crippen molar-refractivity contribution in [3.8, 4) is 11.3 Å². The Morgan fingerprint density at radius 1 is 1.32 bits per heavy atom. The molecule has 3 aromatic rings. The lowest BCUT2D eigenvalue weighted by Crippen LogP contribution is -2.02. The second-order valence-corrected chi connectivity index (χ2v) is 4.39. The van der Waals surface area contributed by atoms with Gasteiger partial charge in [0.05, 0.1) is 11.9 Å². The number of aromatic nitrogens is 3. The number of rotatable bonds is 2. The van der Waals surface area contributed by atoms with E-state index in [-0.39, 0.29) is 5.82 Å². The first-order valence-corrected chi connectivity index (χ1v) is 6.05. The smallest absolute Gasteiger partial charge is 0.176 e. The highest BCUT2D eigenvalue weighted by Crippen LogP contribution is 2.26. The van der Waals surface area contributed by atoms with E-state index in [4.69, 9.17) is 11.6 Å². The third kappa shape index (κ3) is 1.92. The summed E-state index contributed by atoms with van der Waals surface area (Å²) in [6.07, 6.45) is 1.51. The topological polar surface area (TPSA) is 42.2 Å². The summed E-state index contributed by atoms with van der Waals surface area (Å²) in [7, 11) is 1.76. The molecule has 0 radical (unpaired) electrons. The minimum absolute atomic E-state index is 0.322. The third-order valence-electron chi connectivity index (χ3n) is 2.83. The average Bonchev–Trinajstić information content (AvgIpc) is 2.80. The van der Waals surface area contributed by atoms with Gasteiger partial charge in [0.2, 0.25) is 0 Å². The first-order valence-electron chi connectivity index (χ1n) is 5.67. The van der Waals surface area contributed by atoms with Gasteiger partial charge >= 0.3 is 0 Å². The number of benzene rings is 1. The zero-order valence-electron chi connectivity index (χ0n) is 10.1. The van der Waals surface area contributed by atoms with E-state index in [1.54, 1.807) is 35.8 Å². The number of nitrogens with zero attached hydrogens (tertiary/aromatic N) is 3. The summed E-state index contributed by atoms with van der Waals surface area (Å²) in [5, 5.41) is 7.53. The Morgan fingerprint density at radius 3 is 2.84 bits per heavy atom. The van der Waals surface area contributed by atoms with E-state index in [1.807, 2.05) is 0 Å². The molecule has 0 aliphatic rings. The average molecular weight is 277 g/mol. The highest BCUT2D eigenvalue weighted by atomic mass is 35.5. The number of nitrogens with one attached hydrogen (secondary N) is 1. The van der Waals surface area contributed by atoms with Gasteiger partial charge in [0, 0.05) is 18.7 Å². The van der Waals surface area contributed by atoms with E-state index in [1.165, 1.54) is 12.3 Å². The number of anilines is 1. The highest BCUT2D eigenvalue weighted by molar-refractivity contribution is 6.33. The minimum Gasteiger partial charge on any atom is -0.373 e. The van der Waals surface area contributed by atoms with Crippen molar-refractivity contribution in [3.05, 3.63) is 47.4 Å². The second kappa shape index (κ2) is 4.51. The zero-order chi connectivity index (χ0) is 13.4. The highest BCUT2D eigenvalue weighted by Gasteiger charge is 2.12. The lowest BCUT2D eigenvalue weighted by atomic mass is 10.1. The fourth-order valence-electron chi connectivity index (χ4n) is 1.92. The Bertz CT molecular complexity index is 753. The Kier molecular flexibility index (Phi) is 2.83. The van der Waals surface area contributed by atoms with E-state index in [0.717, 1.165) is 0 Å². The lowest BCUT2D eigenvalue weighted by molar-refractivity contribution is 0.630. The van der Waals surface area contributed by atoms with Crippen molar-refractivity contribution in [1.82, 2.24) is 14.6 Å². The first-order chi connectivity index (χ1) is 9.20. The molecule has 4 nitrogen and oxygen atoms in total. The molecule has 0 spiro atoms. The van der Waals surface area contributed by atoms with Crippen molar-refractivity contribution in [2.45, 2.75) is 0 Å². The van der Waals surface area contributed by atoms with Gasteiger partial charge in [0.25, 0.3) is 0 Å². The molecule has 6 heteroatoms. The summed E-state index contributed by atoms with van der Waals surface area (Å²) in [5.74, 6) is 0.368. The van der Waals surface area contributed by atoms with Gasteiger partial charge in [-0.2, -0.15) is 9.61 Å². The quantitative estimate of drug-likeness (QED) is 0.781. The molecule has 0 saturated heterocycles. The summed E-state index contributed by atoms with van der Waals surface area (Å²) >= 11 is 6.03. The molecule has 0 saturated carbocycles. The summed E-state index contributed by atoms with van der Waals surface area (Å²) in [6, 6.07) is 8.22. The van der Waals surface area contributed by atoms with E-state index >= 15 is 0 Å². The maximum absolute atomic E-state index is 13.8. The SMILES string of the molecule is CNc1cc(-c2ccccc2F)nc2c(Cl)cnn12. The molecule has 0 aliphatic carbocycles. The van der Waals surface area contributed by atoms with Crippen LogP contribution in [0.5, 0.6) is 0 Å². The van der Waals surface area contributed by atoms with Crippen molar-refractivity contribution in [3.63, 3.8) is 0 Å². The maximum Gasteiger partial charge on any atom is 0.176 e. The minimum atomic E-state index is -0.322. The molecule has 0 fully saturated rings. The standard InChI is InChI=1S/C13H10ClFN4/c1-16-12-6-11(8-4-2-3-5-10(8)15)18-13-9(14)7-17-19(12)13/h2-7,16H,1H3. The third-order valence-corrected chi connectivity index (χ3v) is 3.10. The van der Waals surface area contributed by atoms with Crippen LogP contribution in [0.3, 0.4) is 0 Å². The van der Waals surface area contributed by atoms with Crippen molar-refractivity contribution in [2.24, 2.45) is 0 Å². The van der Waals surface area contributed by atoms with Crippen LogP contribution in [0.25, 0.3) is 16.9 Å². The van der Waals surface area contributed by atoms with Crippen molar-refractivity contribution in [1.29, 1.82) is 0 Å². The Morgan fingerprint density at radius 2 is 2.11 bits per heavy atom. The summed E-state index contributed by atoms with van der Waals surface area (Å²) in [4.78, 5) is 4.36. The van der Waals surface area contributed by atoms with Crippen molar-refractivity contribution in [2.75, 3.05) is 12.4 Å². The molecule has 0 bridgehead atoms. The molecule has 1 N–H and O–H groups in total. The van der Waals surface area contributed by atoms with Gasteiger partial charge in [-0.1, -0.05) is 23.7 Å². The van der Waals surface area contributed by atoms with Crippen LogP contribution >= 0.6 is 11.6 Å². The fraction of sp³-hybridized carbons (Fsp3) is 0.0769. The second-order valence-electron chi connectivity index (χ2n) is 3.98. The van der Waals surface area contributed by atoms with Crippen LogP contribution in [0.15, 0.2) is 36.5 Å². The van der Waals surface area contributed by atoms with E-state index in [9.17, 15) is 4.39 Å². The molecule has 96 valence electrons. The molecule has 0 atom stereocenters. The van der Waals surface area contributed by atoms with Crippen LogP contribution in [-0.2, 0) is 0 Å². The predicted molar refractivity (Wildman–Crippen MR) is 72.9 cm³/mol. The van der Waals surface area contributed by atoms with Crippen LogP contribution in [0, 0.1) is 5.82 Å². The van der Waals surface area contributed by atoms with Crippen LogP contribution in [0.2, 0.25) is 5.02 Å². The van der Waals surface area contributed by atoms with Gasteiger partial charge in [-0.15, -0.1) is 0 Å². The van der Waals surface area contributed by atoms with Crippen LogP contribution in [0.1, 0.15) is 0 Å². The van der Waals surface area contributed by atoms with Crippen molar-refractivity contribution < 1.29 is 4.39 Å². The molecule has 0 aliphatic heterocycles. The number of hydrogen-bond donors (Lipinski definition) is 1. The normalized spacial score (nSPS) is 10.9.